The lowest BCUT2D eigenvalue weighted by Crippen LogP contribution is -2.44. The number of rotatable bonds is 3. The van der Waals surface area contributed by atoms with Crippen molar-refractivity contribution in [3.05, 3.63) is 65.2 Å². The van der Waals surface area contributed by atoms with Crippen LogP contribution in [0.4, 0.5) is 0 Å². The fraction of sp³-hybridized carbons (Fsp3) is 0.0625. The van der Waals surface area contributed by atoms with Gasteiger partial charge in [-0.1, -0.05) is 42.0 Å². The Hall–Kier alpha value is -3.15. The highest BCUT2D eigenvalue weighted by Gasteiger charge is 2.17. The first kappa shape index (κ1) is 15.2. The highest BCUT2D eigenvalue weighted by molar-refractivity contribution is 6.42. The number of nitrogens with one attached hydrogen (secondary N) is 2. The molecule has 0 aromatic heterocycles. The molecule has 6 heteroatoms. The number of aryl methyl sites for hydroxylation is 1. The SMILES string of the molecule is Cc1ccc(C(=O)C(=O)NNC(=O)c2ccccc2O)cc1. The Bertz CT molecular complexity index is 723. The molecule has 0 aliphatic heterocycles. The first-order valence-electron chi connectivity index (χ1n) is 6.48. The van der Waals surface area contributed by atoms with Gasteiger partial charge in [-0.3, -0.25) is 25.2 Å². The zero-order valence-corrected chi connectivity index (χ0v) is 11.8. The molecule has 0 aliphatic carbocycles. The van der Waals surface area contributed by atoms with E-state index >= 15 is 0 Å². The minimum atomic E-state index is -0.965. The highest BCUT2D eigenvalue weighted by Crippen LogP contribution is 2.14. The average molecular weight is 298 g/mol. The van der Waals surface area contributed by atoms with Gasteiger partial charge in [-0.15, -0.1) is 0 Å². The molecule has 0 bridgehead atoms. The molecule has 112 valence electrons. The van der Waals surface area contributed by atoms with Crippen molar-refractivity contribution in [1.29, 1.82) is 0 Å². The molecule has 0 saturated heterocycles. The van der Waals surface area contributed by atoms with Gasteiger partial charge in [-0.2, -0.15) is 0 Å². The van der Waals surface area contributed by atoms with Crippen molar-refractivity contribution >= 4 is 17.6 Å². The predicted octanol–water partition coefficient (Wildman–Crippen LogP) is 1.34. The normalized spacial score (nSPS) is 9.86. The second-order valence-corrected chi connectivity index (χ2v) is 4.62. The van der Waals surface area contributed by atoms with E-state index in [1.807, 2.05) is 12.3 Å². The molecule has 0 radical (unpaired) electrons. The van der Waals surface area contributed by atoms with Crippen molar-refractivity contribution in [2.45, 2.75) is 6.92 Å². The number of carbonyl (C=O) groups excluding carboxylic acids is 3. The van der Waals surface area contributed by atoms with E-state index in [1.54, 1.807) is 24.3 Å². The van der Waals surface area contributed by atoms with Gasteiger partial charge in [0.15, 0.2) is 0 Å². The Morgan fingerprint density at radius 2 is 1.55 bits per heavy atom. The Morgan fingerprint density at radius 3 is 2.18 bits per heavy atom. The van der Waals surface area contributed by atoms with Gasteiger partial charge in [0, 0.05) is 5.56 Å². The lowest BCUT2D eigenvalue weighted by molar-refractivity contribution is -0.117. The lowest BCUT2D eigenvalue weighted by Gasteiger charge is -2.08. The standard InChI is InChI=1S/C16H14N2O4/c1-10-6-8-11(9-7-10)14(20)16(22)18-17-15(21)12-4-2-3-5-13(12)19/h2-9,19H,1H3,(H,17,21)(H,18,22). The molecule has 0 aliphatic rings. The molecule has 0 spiro atoms. The molecule has 0 atom stereocenters. The number of carbonyl (C=O) groups is 3. The third-order valence-corrected chi connectivity index (χ3v) is 2.96. The molecule has 3 N–H and O–H groups in total. The monoisotopic (exact) mass is 298 g/mol. The van der Waals surface area contributed by atoms with Crippen molar-refractivity contribution in [1.82, 2.24) is 10.9 Å². The molecule has 0 unspecified atom stereocenters. The summed E-state index contributed by atoms with van der Waals surface area (Å²) in [6.45, 7) is 1.86. The molecular weight excluding hydrogens is 284 g/mol. The molecular formula is C16H14N2O4. The van der Waals surface area contributed by atoms with Crippen molar-refractivity contribution in [3.8, 4) is 5.75 Å². The number of phenols is 1. The van der Waals surface area contributed by atoms with Crippen LogP contribution in [0, 0.1) is 6.92 Å². The van der Waals surface area contributed by atoms with Crippen molar-refractivity contribution < 1.29 is 19.5 Å². The van der Waals surface area contributed by atoms with E-state index in [9.17, 15) is 19.5 Å². The fourth-order valence-electron chi connectivity index (χ4n) is 1.74. The van der Waals surface area contributed by atoms with Gasteiger partial charge in [-0.25, -0.2) is 0 Å². The maximum absolute atomic E-state index is 11.9. The molecule has 6 nitrogen and oxygen atoms in total. The van der Waals surface area contributed by atoms with E-state index in [1.165, 1.54) is 24.3 Å². The number of para-hydroxylation sites is 1. The number of ketones is 1. The molecule has 2 aromatic rings. The van der Waals surface area contributed by atoms with Crippen LogP contribution in [0.5, 0.6) is 5.75 Å². The summed E-state index contributed by atoms with van der Waals surface area (Å²) < 4.78 is 0. The van der Waals surface area contributed by atoms with Gasteiger partial charge in [0.05, 0.1) is 5.56 Å². The number of aromatic hydroxyl groups is 1. The molecule has 2 rings (SSSR count). The second kappa shape index (κ2) is 6.53. The molecule has 22 heavy (non-hydrogen) atoms. The molecule has 0 heterocycles. The van der Waals surface area contributed by atoms with Gasteiger partial charge in [0.25, 0.3) is 11.7 Å². The van der Waals surface area contributed by atoms with Crippen LogP contribution in [0.3, 0.4) is 0 Å². The van der Waals surface area contributed by atoms with Crippen LogP contribution < -0.4 is 10.9 Å². The van der Waals surface area contributed by atoms with E-state index in [2.05, 4.69) is 5.43 Å². The molecule has 0 saturated carbocycles. The summed E-state index contributed by atoms with van der Waals surface area (Å²) in [6, 6.07) is 12.3. The molecule has 2 amide bonds. The van der Waals surface area contributed by atoms with Gasteiger partial charge in [0.2, 0.25) is 0 Å². The number of Topliss-reactive ketones (excluding diaryl/α,β-unsaturated/α-hetero) is 1. The van der Waals surface area contributed by atoms with Crippen molar-refractivity contribution in [2.24, 2.45) is 0 Å². The van der Waals surface area contributed by atoms with E-state index in [0.29, 0.717) is 0 Å². The maximum atomic E-state index is 11.9. The molecule has 2 aromatic carbocycles. The molecule has 0 fully saturated rings. The largest absolute Gasteiger partial charge is 0.507 e. The quantitative estimate of drug-likeness (QED) is 0.453. The Labute approximate surface area is 126 Å². The second-order valence-electron chi connectivity index (χ2n) is 4.62. The van der Waals surface area contributed by atoms with Crippen LogP contribution in [0.1, 0.15) is 26.3 Å². The van der Waals surface area contributed by atoms with Crippen LogP contribution in [0.15, 0.2) is 48.5 Å². The van der Waals surface area contributed by atoms with Crippen LogP contribution in [-0.4, -0.2) is 22.7 Å². The van der Waals surface area contributed by atoms with Gasteiger partial charge in [-0.05, 0) is 19.1 Å². The average Bonchev–Trinajstić information content (AvgIpc) is 2.52. The van der Waals surface area contributed by atoms with Gasteiger partial charge in [0.1, 0.15) is 5.75 Å². The van der Waals surface area contributed by atoms with E-state index in [-0.39, 0.29) is 16.9 Å². The van der Waals surface area contributed by atoms with E-state index < -0.39 is 17.6 Å². The fourth-order valence-corrected chi connectivity index (χ4v) is 1.74. The zero-order valence-electron chi connectivity index (χ0n) is 11.8. The lowest BCUT2D eigenvalue weighted by atomic mass is 10.1. The summed E-state index contributed by atoms with van der Waals surface area (Å²) in [5.74, 6) is -2.67. The van der Waals surface area contributed by atoms with E-state index in [0.717, 1.165) is 5.56 Å². The van der Waals surface area contributed by atoms with Gasteiger partial charge >= 0.3 is 5.91 Å². The number of hydrogen-bond acceptors (Lipinski definition) is 4. The zero-order chi connectivity index (χ0) is 16.1. The van der Waals surface area contributed by atoms with Crippen LogP contribution >= 0.6 is 0 Å². The number of hydrazine groups is 1. The summed E-state index contributed by atoms with van der Waals surface area (Å²) >= 11 is 0. The predicted molar refractivity (Wildman–Crippen MR) is 79.2 cm³/mol. The Balaban J connectivity index is 1.98. The number of phenolic OH excluding ortho intramolecular Hbond substituents is 1. The van der Waals surface area contributed by atoms with Crippen LogP contribution in [0.2, 0.25) is 0 Å². The first-order chi connectivity index (χ1) is 10.5. The van der Waals surface area contributed by atoms with E-state index in [4.69, 9.17) is 0 Å². The Morgan fingerprint density at radius 1 is 0.909 bits per heavy atom. The smallest absolute Gasteiger partial charge is 0.310 e. The van der Waals surface area contributed by atoms with Crippen molar-refractivity contribution in [2.75, 3.05) is 0 Å². The number of amides is 2. The highest BCUT2D eigenvalue weighted by atomic mass is 16.3. The topological polar surface area (TPSA) is 95.5 Å². The van der Waals surface area contributed by atoms with Crippen LogP contribution in [-0.2, 0) is 4.79 Å². The first-order valence-corrected chi connectivity index (χ1v) is 6.48. The summed E-state index contributed by atoms with van der Waals surface area (Å²) in [7, 11) is 0. The summed E-state index contributed by atoms with van der Waals surface area (Å²) in [4.78, 5) is 35.3. The number of hydrogen-bond donors (Lipinski definition) is 3. The minimum absolute atomic E-state index is 0.00872. The minimum Gasteiger partial charge on any atom is -0.507 e. The summed E-state index contributed by atoms with van der Waals surface area (Å²) in [5, 5.41) is 9.52. The summed E-state index contributed by atoms with van der Waals surface area (Å²) in [6.07, 6.45) is 0. The third-order valence-electron chi connectivity index (χ3n) is 2.96. The third kappa shape index (κ3) is 3.49. The Kier molecular flexibility index (Phi) is 4.53. The van der Waals surface area contributed by atoms with Crippen molar-refractivity contribution in [3.63, 3.8) is 0 Å². The summed E-state index contributed by atoms with van der Waals surface area (Å²) in [5.41, 5.74) is 5.28. The maximum Gasteiger partial charge on any atom is 0.310 e. The number of benzene rings is 2. The van der Waals surface area contributed by atoms with Gasteiger partial charge < -0.3 is 5.11 Å². The van der Waals surface area contributed by atoms with Crippen LogP contribution in [0.25, 0.3) is 0 Å².